The third-order valence-corrected chi connectivity index (χ3v) is 2.20. The predicted molar refractivity (Wildman–Crippen MR) is 72.1 cm³/mol. The van der Waals surface area contributed by atoms with E-state index in [1.807, 2.05) is 0 Å². The summed E-state index contributed by atoms with van der Waals surface area (Å²) in [5, 5.41) is 3.97. The first-order chi connectivity index (χ1) is 9.85. The number of ether oxygens (including phenoxy) is 1. The molecule has 128 valence electrons. The van der Waals surface area contributed by atoms with E-state index in [2.05, 4.69) is 5.32 Å². The molecule has 9 heteroatoms. The molecule has 2 N–H and O–H groups in total. The summed E-state index contributed by atoms with van der Waals surface area (Å²) in [5.41, 5.74) is -0.944. The maximum absolute atomic E-state index is 12.5. The Bertz CT molecular complexity index is 416. The van der Waals surface area contributed by atoms with Crippen LogP contribution in [0, 0.1) is 0 Å². The van der Waals surface area contributed by atoms with Crippen molar-refractivity contribution in [1.82, 2.24) is 10.6 Å². The lowest BCUT2D eigenvalue weighted by Crippen LogP contribution is -2.50. The van der Waals surface area contributed by atoms with E-state index in [0.29, 0.717) is 6.42 Å². The number of hydrogen-bond donors (Lipinski definition) is 2. The van der Waals surface area contributed by atoms with Gasteiger partial charge < -0.3 is 15.4 Å². The highest BCUT2D eigenvalue weighted by Gasteiger charge is 2.39. The van der Waals surface area contributed by atoms with E-state index in [-0.39, 0.29) is 6.54 Å². The summed E-state index contributed by atoms with van der Waals surface area (Å²) in [6.45, 7) is 6.41. The van der Waals surface area contributed by atoms with Crippen molar-refractivity contribution < 1.29 is 32.3 Å². The van der Waals surface area contributed by atoms with Crippen LogP contribution in [0.15, 0.2) is 0 Å². The Morgan fingerprint density at radius 1 is 1.14 bits per heavy atom. The molecule has 2 amide bonds. The van der Waals surface area contributed by atoms with Crippen LogP contribution in [-0.2, 0) is 14.3 Å². The zero-order valence-electron chi connectivity index (χ0n) is 13.0. The predicted octanol–water partition coefficient (Wildman–Crippen LogP) is 1.93. The van der Waals surface area contributed by atoms with Crippen molar-refractivity contribution in [3.8, 4) is 0 Å². The van der Waals surface area contributed by atoms with Gasteiger partial charge in [-0.2, -0.15) is 13.2 Å². The fourth-order valence-electron chi connectivity index (χ4n) is 1.37. The van der Waals surface area contributed by atoms with Crippen molar-refractivity contribution in [2.75, 3.05) is 6.54 Å². The van der Waals surface area contributed by atoms with Gasteiger partial charge in [-0.05, 0) is 27.2 Å². The number of alkyl carbamates (subject to hydrolysis) is 1. The number of amides is 2. The molecule has 0 radical (unpaired) electrons. The van der Waals surface area contributed by atoms with Crippen LogP contribution in [0.1, 0.15) is 40.5 Å². The van der Waals surface area contributed by atoms with Gasteiger partial charge in [0.25, 0.3) is 5.91 Å². The molecule has 0 fully saturated rings. The molecule has 1 unspecified atom stereocenters. The molecule has 22 heavy (non-hydrogen) atoms. The lowest BCUT2D eigenvalue weighted by molar-refractivity contribution is -0.152. The lowest BCUT2D eigenvalue weighted by Gasteiger charge is -2.23. The number of rotatable bonds is 6. The number of Topliss-reactive ketones (excluding diaryl/α,β-unsaturated/α-hetero) is 1. The topological polar surface area (TPSA) is 84.5 Å². The minimum absolute atomic E-state index is 0.149. The van der Waals surface area contributed by atoms with Gasteiger partial charge in [-0.1, -0.05) is 6.92 Å². The van der Waals surface area contributed by atoms with Crippen molar-refractivity contribution in [3.63, 3.8) is 0 Å². The van der Waals surface area contributed by atoms with Gasteiger partial charge in [0.05, 0.1) is 6.42 Å². The number of carbonyl (C=O) groups excluding carboxylic acids is 3. The van der Waals surface area contributed by atoms with Gasteiger partial charge in [-0.25, -0.2) is 4.79 Å². The van der Waals surface area contributed by atoms with Crippen LogP contribution in [0.2, 0.25) is 0 Å². The highest BCUT2D eigenvalue weighted by Crippen LogP contribution is 2.22. The molecular formula is C13H21F3N2O4. The van der Waals surface area contributed by atoms with Crippen molar-refractivity contribution in [1.29, 1.82) is 0 Å². The van der Waals surface area contributed by atoms with Crippen LogP contribution in [0.5, 0.6) is 0 Å². The fraction of sp³-hybridized carbons (Fsp3) is 0.769. The number of nitrogens with one attached hydrogen (secondary N) is 2. The van der Waals surface area contributed by atoms with Crippen molar-refractivity contribution in [3.05, 3.63) is 0 Å². The van der Waals surface area contributed by atoms with Crippen LogP contribution in [0.3, 0.4) is 0 Å². The van der Waals surface area contributed by atoms with Crippen LogP contribution < -0.4 is 10.6 Å². The minimum atomic E-state index is -4.72. The van der Waals surface area contributed by atoms with E-state index in [0.717, 1.165) is 0 Å². The second-order valence-electron chi connectivity index (χ2n) is 5.64. The van der Waals surface area contributed by atoms with Gasteiger partial charge >= 0.3 is 12.3 Å². The number of carbonyl (C=O) groups is 3. The van der Waals surface area contributed by atoms with Crippen molar-refractivity contribution >= 4 is 17.8 Å². The largest absolute Gasteiger partial charge is 0.444 e. The first-order valence-electron chi connectivity index (χ1n) is 6.74. The van der Waals surface area contributed by atoms with E-state index in [9.17, 15) is 27.6 Å². The molecule has 0 rings (SSSR count). The Morgan fingerprint density at radius 3 is 2.09 bits per heavy atom. The lowest BCUT2D eigenvalue weighted by atomic mass is 10.1. The fourth-order valence-corrected chi connectivity index (χ4v) is 1.37. The Hall–Kier alpha value is -1.80. The smallest absolute Gasteiger partial charge is 0.408 e. The molecule has 0 aromatic carbocycles. The molecule has 0 aliphatic carbocycles. The average Bonchev–Trinajstić information content (AvgIpc) is 2.30. The molecule has 0 saturated heterocycles. The van der Waals surface area contributed by atoms with Gasteiger partial charge in [0.15, 0.2) is 0 Å². The quantitative estimate of drug-likeness (QED) is 0.731. The highest BCUT2D eigenvalue weighted by molar-refractivity contribution is 6.38. The monoisotopic (exact) mass is 326 g/mol. The summed E-state index contributed by atoms with van der Waals surface area (Å²) in [7, 11) is 0. The minimum Gasteiger partial charge on any atom is -0.444 e. The molecule has 0 bridgehead atoms. The molecule has 0 aliphatic rings. The second-order valence-corrected chi connectivity index (χ2v) is 5.64. The summed E-state index contributed by atoms with van der Waals surface area (Å²) < 4.78 is 42.3. The molecule has 6 nitrogen and oxygen atoms in total. The van der Waals surface area contributed by atoms with E-state index in [1.54, 1.807) is 12.2 Å². The highest BCUT2D eigenvalue weighted by atomic mass is 19.4. The summed E-state index contributed by atoms with van der Waals surface area (Å²) in [5.74, 6) is -2.54. The number of ketones is 1. The van der Waals surface area contributed by atoms with Crippen LogP contribution in [0.4, 0.5) is 18.0 Å². The number of halogens is 3. The molecule has 0 spiro atoms. The van der Waals surface area contributed by atoms with E-state index in [4.69, 9.17) is 4.74 Å². The van der Waals surface area contributed by atoms with E-state index in [1.165, 1.54) is 20.8 Å². The van der Waals surface area contributed by atoms with E-state index < -0.39 is 42.0 Å². The van der Waals surface area contributed by atoms with Crippen molar-refractivity contribution in [2.24, 2.45) is 0 Å². The average molecular weight is 326 g/mol. The maximum Gasteiger partial charge on any atom is 0.408 e. The zero-order valence-corrected chi connectivity index (χ0v) is 13.0. The maximum atomic E-state index is 12.5. The molecule has 0 heterocycles. The molecule has 0 aliphatic heterocycles. The Labute approximate surface area is 126 Å². The number of hydrogen-bond acceptors (Lipinski definition) is 4. The summed E-state index contributed by atoms with van der Waals surface area (Å²) in [4.78, 5) is 34.7. The third-order valence-electron chi connectivity index (χ3n) is 2.20. The van der Waals surface area contributed by atoms with Crippen LogP contribution in [0.25, 0.3) is 0 Å². The van der Waals surface area contributed by atoms with Gasteiger partial charge in [0, 0.05) is 6.54 Å². The van der Waals surface area contributed by atoms with Crippen LogP contribution >= 0.6 is 0 Å². The SMILES string of the molecule is CCCNC(=O)C(=O)C(CC(F)(F)F)NC(=O)OC(C)(C)C. The zero-order chi connectivity index (χ0) is 17.6. The Balaban J connectivity index is 4.93. The van der Waals surface area contributed by atoms with Gasteiger partial charge in [-0.15, -0.1) is 0 Å². The molecule has 1 atom stereocenters. The summed E-state index contributed by atoms with van der Waals surface area (Å²) in [6, 6.07) is -2.02. The molecular weight excluding hydrogens is 305 g/mol. The van der Waals surface area contributed by atoms with Gasteiger partial charge in [0.2, 0.25) is 5.78 Å². The van der Waals surface area contributed by atoms with Gasteiger partial charge in [-0.3, -0.25) is 9.59 Å². The first-order valence-corrected chi connectivity index (χ1v) is 6.74. The van der Waals surface area contributed by atoms with Crippen molar-refractivity contribution in [2.45, 2.75) is 58.4 Å². The summed E-state index contributed by atoms with van der Waals surface area (Å²) >= 11 is 0. The van der Waals surface area contributed by atoms with Crippen LogP contribution in [-0.4, -0.2) is 42.1 Å². The summed E-state index contributed by atoms with van der Waals surface area (Å²) in [6.07, 6.45) is -7.05. The Kier molecular flexibility index (Phi) is 7.34. The standard InChI is InChI=1S/C13H21F3N2O4/c1-5-6-17-10(20)9(19)8(7-13(14,15)16)18-11(21)22-12(2,3)4/h8H,5-7H2,1-4H3,(H,17,20)(H,18,21). The second kappa shape index (κ2) is 8.00. The van der Waals surface area contributed by atoms with E-state index >= 15 is 0 Å². The Morgan fingerprint density at radius 2 is 1.68 bits per heavy atom. The molecule has 0 aromatic rings. The molecule has 0 saturated carbocycles. The van der Waals surface area contributed by atoms with Gasteiger partial charge in [0.1, 0.15) is 11.6 Å². The number of alkyl halides is 3. The third kappa shape index (κ3) is 9.19. The first kappa shape index (κ1) is 20.2. The molecule has 0 aromatic heterocycles. The normalized spacial score (nSPS) is 13.2.